The molecule has 0 aliphatic rings. The Balaban J connectivity index is 1.86. The number of carbonyl (C=O) groups is 1. The minimum atomic E-state index is -0.637. The fourth-order valence-corrected chi connectivity index (χ4v) is 2.36. The van der Waals surface area contributed by atoms with Crippen molar-refractivity contribution in [2.45, 2.75) is 13.3 Å². The van der Waals surface area contributed by atoms with Crippen molar-refractivity contribution in [3.05, 3.63) is 48.0 Å². The van der Waals surface area contributed by atoms with Crippen molar-refractivity contribution in [3.8, 4) is 23.0 Å². The average Bonchev–Trinajstić information content (AvgIpc) is 2.75. The van der Waals surface area contributed by atoms with Crippen molar-refractivity contribution in [1.29, 1.82) is 0 Å². The zero-order valence-corrected chi connectivity index (χ0v) is 16.8. The lowest BCUT2D eigenvalue weighted by Crippen LogP contribution is -2.16. The first kappa shape index (κ1) is 21.9. The van der Waals surface area contributed by atoms with Crippen LogP contribution in [0.4, 0.5) is 4.79 Å². The first-order chi connectivity index (χ1) is 14.2. The van der Waals surface area contributed by atoms with Crippen LogP contribution in [-0.4, -0.2) is 46.3 Å². The van der Waals surface area contributed by atoms with Gasteiger partial charge in [0.05, 0.1) is 40.3 Å². The molecule has 0 saturated carbocycles. The molecule has 0 aliphatic heterocycles. The average molecular weight is 402 g/mol. The van der Waals surface area contributed by atoms with E-state index in [1.54, 1.807) is 19.2 Å². The summed E-state index contributed by atoms with van der Waals surface area (Å²) in [4.78, 5) is 11.0. The number of amides is 1. The number of hydrazone groups is 1. The van der Waals surface area contributed by atoms with Gasteiger partial charge in [-0.1, -0.05) is 12.1 Å². The van der Waals surface area contributed by atoms with Crippen LogP contribution in [0.3, 0.4) is 0 Å². The highest BCUT2D eigenvalue weighted by Gasteiger charge is 2.07. The van der Waals surface area contributed by atoms with Gasteiger partial charge in [0.15, 0.2) is 23.0 Å². The number of para-hydroxylation sites is 2. The Morgan fingerprint density at radius 3 is 2.31 bits per heavy atom. The number of nitrogens with zero attached hydrogens (tertiary/aromatic N) is 1. The molecule has 0 unspecified atom stereocenters. The standard InChI is InChI=1S/C21H26N2O6/c1-4-27-20-14-16(15-22-23-21(24)26-3)10-11-19(20)29-13-7-12-28-18-9-6-5-8-17(18)25-2/h5-6,8-11,14-15H,4,7,12-13H2,1-3H3,(H,23,24). The number of methoxy groups -OCH3 is 2. The summed E-state index contributed by atoms with van der Waals surface area (Å²) in [7, 11) is 2.88. The molecule has 0 heterocycles. The Hall–Kier alpha value is -3.42. The van der Waals surface area contributed by atoms with Crippen molar-refractivity contribution in [3.63, 3.8) is 0 Å². The molecule has 1 N–H and O–H groups in total. The smallest absolute Gasteiger partial charge is 0.427 e. The third-order valence-corrected chi connectivity index (χ3v) is 3.70. The van der Waals surface area contributed by atoms with Gasteiger partial charge in [0.2, 0.25) is 0 Å². The van der Waals surface area contributed by atoms with Gasteiger partial charge in [0, 0.05) is 6.42 Å². The lowest BCUT2D eigenvalue weighted by atomic mass is 10.2. The molecule has 0 bridgehead atoms. The molecular weight excluding hydrogens is 376 g/mol. The van der Waals surface area contributed by atoms with E-state index in [2.05, 4.69) is 15.3 Å². The zero-order valence-electron chi connectivity index (χ0n) is 16.8. The van der Waals surface area contributed by atoms with E-state index in [0.29, 0.717) is 49.2 Å². The number of hydrogen-bond acceptors (Lipinski definition) is 7. The molecule has 156 valence electrons. The number of hydrogen-bond donors (Lipinski definition) is 1. The van der Waals surface area contributed by atoms with E-state index in [1.165, 1.54) is 13.3 Å². The zero-order chi connectivity index (χ0) is 20.9. The van der Waals surface area contributed by atoms with E-state index in [4.69, 9.17) is 18.9 Å². The van der Waals surface area contributed by atoms with E-state index in [0.717, 1.165) is 5.56 Å². The molecule has 0 aromatic heterocycles. The Morgan fingerprint density at radius 2 is 1.66 bits per heavy atom. The number of ether oxygens (including phenoxy) is 5. The van der Waals surface area contributed by atoms with Crippen LogP contribution in [0.1, 0.15) is 18.9 Å². The van der Waals surface area contributed by atoms with Crippen LogP contribution >= 0.6 is 0 Å². The molecule has 2 aromatic carbocycles. The van der Waals surface area contributed by atoms with Gasteiger partial charge in [-0.3, -0.25) is 0 Å². The van der Waals surface area contributed by atoms with Gasteiger partial charge in [0.1, 0.15) is 0 Å². The molecule has 2 rings (SSSR count). The van der Waals surface area contributed by atoms with Crippen LogP contribution in [0.15, 0.2) is 47.6 Å². The second-order valence-corrected chi connectivity index (χ2v) is 5.70. The molecule has 0 radical (unpaired) electrons. The first-order valence-electron chi connectivity index (χ1n) is 9.20. The fraction of sp³-hybridized carbons (Fsp3) is 0.333. The van der Waals surface area contributed by atoms with Crippen molar-refractivity contribution >= 4 is 12.3 Å². The second-order valence-electron chi connectivity index (χ2n) is 5.70. The quantitative estimate of drug-likeness (QED) is 0.351. The van der Waals surface area contributed by atoms with Gasteiger partial charge < -0.3 is 23.7 Å². The van der Waals surface area contributed by atoms with Crippen molar-refractivity contribution in [1.82, 2.24) is 5.43 Å². The summed E-state index contributed by atoms with van der Waals surface area (Å²) in [5.74, 6) is 2.63. The number of carbonyl (C=O) groups excluding carboxylic acids is 1. The molecule has 8 heteroatoms. The van der Waals surface area contributed by atoms with Gasteiger partial charge in [-0.2, -0.15) is 5.10 Å². The van der Waals surface area contributed by atoms with Crippen LogP contribution in [0.25, 0.3) is 0 Å². The van der Waals surface area contributed by atoms with Gasteiger partial charge in [0.25, 0.3) is 0 Å². The van der Waals surface area contributed by atoms with Crippen LogP contribution in [0, 0.1) is 0 Å². The van der Waals surface area contributed by atoms with Crippen LogP contribution < -0.4 is 24.4 Å². The van der Waals surface area contributed by atoms with E-state index in [1.807, 2.05) is 37.3 Å². The highest BCUT2D eigenvalue weighted by molar-refractivity contribution is 5.82. The Bertz CT molecular complexity index is 810. The van der Waals surface area contributed by atoms with E-state index >= 15 is 0 Å². The normalized spacial score (nSPS) is 10.4. The van der Waals surface area contributed by atoms with Crippen molar-refractivity contribution in [2.75, 3.05) is 34.0 Å². The van der Waals surface area contributed by atoms with E-state index < -0.39 is 6.09 Å². The van der Waals surface area contributed by atoms with Gasteiger partial charge >= 0.3 is 6.09 Å². The molecule has 2 aromatic rings. The SMILES string of the molecule is CCOc1cc(C=NNC(=O)OC)ccc1OCCCOc1ccccc1OC. The summed E-state index contributed by atoms with van der Waals surface area (Å²) < 4.78 is 26.9. The van der Waals surface area contributed by atoms with Crippen LogP contribution in [0.2, 0.25) is 0 Å². The molecule has 0 saturated heterocycles. The molecule has 0 atom stereocenters. The van der Waals surface area contributed by atoms with E-state index in [9.17, 15) is 4.79 Å². The monoisotopic (exact) mass is 402 g/mol. The number of rotatable bonds is 11. The minimum Gasteiger partial charge on any atom is -0.493 e. The molecule has 0 aliphatic carbocycles. The summed E-state index contributed by atoms with van der Waals surface area (Å²) in [6, 6.07) is 12.9. The molecular formula is C21H26N2O6. The van der Waals surface area contributed by atoms with Crippen LogP contribution in [0.5, 0.6) is 23.0 Å². The first-order valence-corrected chi connectivity index (χ1v) is 9.20. The highest BCUT2D eigenvalue weighted by Crippen LogP contribution is 2.28. The van der Waals surface area contributed by atoms with Gasteiger partial charge in [-0.25, -0.2) is 10.2 Å². The fourth-order valence-electron chi connectivity index (χ4n) is 2.36. The minimum absolute atomic E-state index is 0.465. The predicted octanol–water partition coefficient (Wildman–Crippen LogP) is 3.63. The van der Waals surface area contributed by atoms with E-state index in [-0.39, 0.29) is 0 Å². The number of nitrogens with one attached hydrogen (secondary N) is 1. The van der Waals surface area contributed by atoms with Gasteiger partial charge in [-0.15, -0.1) is 0 Å². The topological polar surface area (TPSA) is 87.6 Å². The van der Waals surface area contributed by atoms with Crippen molar-refractivity contribution < 1.29 is 28.5 Å². The van der Waals surface area contributed by atoms with Gasteiger partial charge in [-0.05, 0) is 42.8 Å². The second kappa shape index (κ2) is 12.1. The summed E-state index contributed by atoms with van der Waals surface area (Å²) in [5, 5.41) is 3.80. The summed E-state index contributed by atoms with van der Waals surface area (Å²) in [6.07, 6.45) is 1.54. The van der Waals surface area contributed by atoms with Crippen molar-refractivity contribution in [2.24, 2.45) is 5.10 Å². The Kier molecular flexibility index (Phi) is 9.14. The summed E-state index contributed by atoms with van der Waals surface area (Å²) in [6.45, 7) is 3.35. The third kappa shape index (κ3) is 7.25. The Morgan fingerprint density at radius 1 is 0.966 bits per heavy atom. The maximum Gasteiger partial charge on any atom is 0.427 e. The molecule has 0 spiro atoms. The van der Waals surface area contributed by atoms with Crippen LogP contribution in [-0.2, 0) is 4.74 Å². The molecule has 8 nitrogen and oxygen atoms in total. The number of benzene rings is 2. The summed E-state index contributed by atoms with van der Waals surface area (Å²) in [5.41, 5.74) is 2.98. The summed E-state index contributed by atoms with van der Waals surface area (Å²) >= 11 is 0. The lowest BCUT2D eigenvalue weighted by Gasteiger charge is -2.13. The molecule has 0 fully saturated rings. The predicted molar refractivity (Wildman–Crippen MR) is 109 cm³/mol. The highest BCUT2D eigenvalue weighted by atomic mass is 16.5. The Labute approximate surface area is 170 Å². The largest absolute Gasteiger partial charge is 0.493 e. The lowest BCUT2D eigenvalue weighted by molar-refractivity contribution is 0.171. The maximum absolute atomic E-state index is 11.0. The molecule has 29 heavy (non-hydrogen) atoms. The molecule has 1 amide bonds. The maximum atomic E-state index is 11.0. The third-order valence-electron chi connectivity index (χ3n) is 3.70.